The minimum absolute atomic E-state index is 0.149. The van der Waals surface area contributed by atoms with Crippen molar-refractivity contribution in [3.63, 3.8) is 0 Å². The average molecular weight is 332 g/mol. The predicted molar refractivity (Wildman–Crippen MR) is 88.4 cm³/mol. The van der Waals surface area contributed by atoms with Crippen LogP contribution in [0.25, 0.3) is 0 Å². The van der Waals surface area contributed by atoms with Gasteiger partial charge in [0.2, 0.25) is 0 Å². The SMILES string of the molecule is CN1CC[NH+](c2ccc(Nc3nc(CC(=O)[O-])cs3)cc2)CC1. The molecule has 0 saturated carbocycles. The lowest BCUT2D eigenvalue weighted by Crippen LogP contribution is -3.10. The molecule has 2 heterocycles. The molecule has 1 aromatic heterocycles. The van der Waals surface area contributed by atoms with Crippen molar-refractivity contribution in [2.24, 2.45) is 0 Å². The zero-order chi connectivity index (χ0) is 16.2. The molecule has 0 unspecified atom stereocenters. The average Bonchev–Trinajstić information content (AvgIpc) is 2.95. The highest BCUT2D eigenvalue weighted by atomic mass is 32.1. The van der Waals surface area contributed by atoms with Crippen molar-refractivity contribution < 1.29 is 14.8 Å². The normalized spacial score (nSPS) is 16.4. The fourth-order valence-electron chi connectivity index (χ4n) is 2.68. The molecule has 0 spiro atoms. The second-order valence-corrected chi connectivity index (χ2v) is 6.66. The van der Waals surface area contributed by atoms with Crippen LogP contribution in [-0.4, -0.2) is 49.1 Å². The summed E-state index contributed by atoms with van der Waals surface area (Å²) >= 11 is 1.39. The van der Waals surface area contributed by atoms with Crippen LogP contribution in [0, 0.1) is 0 Å². The number of aliphatic carboxylic acids is 1. The van der Waals surface area contributed by atoms with Crippen molar-refractivity contribution in [3.8, 4) is 0 Å². The number of likely N-dealkylation sites (N-methyl/N-ethyl adjacent to an activating group) is 1. The van der Waals surface area contributed by atoms with Crippen molar-refractivity contribution in [2.45, 2.75) is 6.42 Å². The number of nitrogens with zero attached hydrogens (tertiary/aromatic N) is 2. The molecule has 2 N–H and O–H groups in total. The van der Waals surface area contributed by atoms with Crippen LogP contribution < -0.4 is 15.3 Å². The van der Waals surface area contributed by atoms with Crippen LogP contribution in [0.2, 0.25) is 0 Å². The molecule has 0 aliphatic carbocycles. The molecule has 1 aliphatic rings. The topological polar surface area (TPSA) is 72.7 Å². The summed E-state index contributed by atoms with van der Waals surface area (Å²) in [6.45, 7) is 4.50. The molecular formula is C16H20N4O2S. The molecule has 1 fully saturated rings. The van der Waals surface area contributed by atoms with Gasteiger partial charge in [-0.2, -0.15) is 0 Å². The Morgan fingerprint density at radius 2 is 2.04 bits per heavy atom. The Bertz CT molecular complexity index is 663. The standard InChI is InChI=1S/C16H20N4O2S/c1-19-6-8-20(9-7-19)14-4-2-12(3-5-14)17-16-18-13(11-23-16)10-15(21)22/h2-5,11H,6-10H2,1H3,(H,17,18)(H,21,22). The van der Waals surface area contributed by atoms with Gasteiger partial charge >= 0.3 is 0 Å². The first-order valence-corrected chi connectivity index (χ1v) is 8.53. The van der Waals surface area contributed by atoms with Gasteiger partial charge in [-0.15, -0.1) is 11.3 Å². The summed E-state index contributed by atoms with van der Waals surface area (Å²) in [5.74, 6) is -1.11. The van der Waals surface area contributed by atoms with E-state index >= 15 is 0 Å². The number of anilines is 2. The highest BCUT2D eigenvalue weighted by Crippen LogP contribution is 2.21. The van der Waals surface area contributed by atoms with Crippen molar-refractivity contribution in [1.82, 2.24) is 9.88 Å². The molecular weight excluding hydrogens is 312 g/mol. The molecule has 122 valence electrons. The fraction of sp³-hybridized carbons (Fsp3) is 0.375. The van der Waals surface area contributed by atoms with Crippen molar-refractivity contribution in [1.29, 1.82) is 0 Å². The van der Waals surface area contributed by atoms with Gasteiger partial charge in [0.05, 0.1) is 18.8 Å². The number of nitrogens with one attached hydrogen (secondary N) is 2. The lowest BCUT2D eigenvalue weighted by molar-refractivity contribution is -0.838. The van der Waals surface area contributed by atoms with Gasteiger partial charge in [-0.05, 0) is 19.2 Å². The number of carboxylic acids is 1. The first-order valence-electron chi connectivity index (χ1n) is 7.65. The largest absolute Gasteiger partial charge is 0.550 e. The molecule has 7 heteroatoms. The quantitative estimate of drug-likeness (QED) is 0.782. The molecule has 3 rings (SSSR count). The molecule has 0 atom stereocenters. The number of benzene rings is 1. The van der Waals surface area contributed by atoms with Gasteiger partial charge in [0.25, 0.3) is 0 Å². The number of thiazole rings is 1. The van der Waals surface area contributed by atoms with E-state index in [1.807, 2.05) is 12.1 Å². The monoisotopic (exact) mass is 332 g/mol. The van der Waals surface area contributed by atoms with Crippen LogP contribution in [0.5, 0.6) is 0 Å². The van der Waals surface area contributed by atoms with E-state index in [-0.39, 0.29) is 6.42 Å². The Morgan fingerprint density at radius 3 is 2.70 bits per heavy atom. The van der Waals surface area contributed by atoms with Crippen molar-refractivity contribution in [2.75, 3.05) is 38.5 Å². The van der Waals surface area contributed by atoms with Gasteiger partial charge < -0.3 is 20.1 Å². The minimum atomic E-state index is -1.11. The highest BCUT2D eigenvalue weighted by Gasteiger charge is 2.18. The first kappa shape index (κ1) is 15.9. The molecule has 1 aliphatic heterocycles. The molecule has 2 aromatic rings. The summed E-state index contributed by atoms with van der Waals surface area (Å²) in [5, 5.41) is 16.2. The molecule has 6 nitrogen and oxygen atoms in total. The number of quaternary nitrogens is 1. The number of piperazine rings is 1. The molecule has 0 bridgehead atoms. The summed E-state index contributed by atoms with van der Waals surface area (Å²) in [5.41, 5.74) is 2.79. The maximum absolute atomic E-state index is 10.6. The Kier molecular flexibility index (Phi) is 4.90. The van der Waals surface area contributed by atoms with E-state index in [1.54, 1.807) is 5.38 Å². The third-order valence-corrected chi connectivity index (χ3v) is 4.82. The van der Waals surface area contributed by atoms with Crippen LogP contribution in [0.15, 0.2) is 29.6 Å². The van der Waals surface area contributed by atoms with Crippen LogP contribution in [0.3, 0.4) is 0 Å². The Morgan fingerprint density at radius 1 is 1.35 bits per heavy atom. The Labute approximate surface area is 139 Å². The Balaban J connectivity index is 1.61. The maximum atomic E-state index is 10.6. The lowest BCUT2D eigenvalue weighted by Gasteiger charge is -2.29. The third kappa shape index (κ3) is 4.28. The maximum Gasteiger partial charge on any atom is 0.187 e. The van der Waals surface area contributed by atoms with E-state index in [0.29, 0.717) is 10.8 Å². The number of carbonyl (C=O) groups excluding carboxylic acids is 1. The smallest absolute Gasteiger partial charge is 0.187 e. The highest BCUT2D eigenvalue weighted by molar-refractivity contribution is 7.13. The van der Waals surface area contributed by atoms with Gasteiger partial charge in [-0.1, -0.05) is 0 Å². The number of aromatic nitrogens is 1. The van der Waals surface area contributed by atoms with Crippen LogP contribution >= 0.6 is 11.3 Å². The molecule has 23 heavy (non-hydrogen) atoms. The summed E-state index contributed by atoms with van der Waals surface area (Å²) in [4.78, 5) is 18.7. The molecule has 0 radical (unpaired) electrons. The summed E-state index contributed by atoms with van der Waals surface area (Å²) in [6.07, 6.45) is -0.149. The molecule has 0 amide bonds. The van der Waals surface area contributed by atoms with E-state index in [9.17, 15) is 9.90 Å². The van der Waals surface area contributed by atoms with Crippen molar-refractivity contribution in [3.05, 3.63) is 35.3 Å². The van der Waals surface area contributed by atoms with Crippen LogP contribution in [-0.2, 0) is 11.2 Å². The Hall–Kier alpha value is -1.96. The van der Waals surface area contributed by atoms with Gasteiger partial charge in [0.15, 0.2) is 5.13 Å². The third-order valence-electron chi connectivity index (χ3n) is 4.01. The number of hydrogen-bond acceptors (Lipinski definition) is 6. The molecule has 1 saturated heterocycles. The van der Waals surface area contributed by atoms with Crippen molar-refractivity contribution >= 4 is 33.8 Å². The van der Waals surface area contributed by atoms with E-state index in [0.717, 1.165) is 31.9 Å². The zero-order valence-electron chi connectivity index (χ0n) is 13.0. The minimum Gasteiger partial charge on any atom is -0.550 e. The number of hydrogen-bond donors (Lipinski definition) is 2. The summed E-state index contributed by atoms with van der Waals surface area (Å²) in [7, 11) is 2.16. The fourth-order valence-corrected chi connectivity index (χ4v) is 3.41. The second kappa shape index (κ2) is 7.08. The van der Waals surface area contributed by atoms with E-state index in [1.165, 1.54) is 21.9 Å². The van der Waals surface area contributed by atoms with E-state index in [2.05, 4.69) is 34.4 Å². The summed E-state index contributed by atoms with van der Waals surface area (Å²) in [6, 6.07) is 8.36. The summed E-state index contributed by atoms with van der Waals surface area (Å²) < 4.78 is 0. The van der Waals surface area contributed by atoms with Gasteiger partial charge in [0, 0.05) is 48.7 Å². The first-order chi connectivity index (χ1) is 11.1. The number of carboxylic acid groups (broad SMARTS) is 1. The van der Waals surface area contributed by atoms with Gasteiger partial charge in [-0.25, -0.2) is 4.98 Å². The van der Waals surface area contributed by atoms with Crippen LogP contribution in [0.1, 0.15) is 5.69 Å². The number of carbonyl (C=O) groups is 1. The zero-order valence-corrected chi connectivity index (χ0v) is 13.9. The van der Waals surface area contributed by atoms with Gasteiger partial charge in [-0.3, -0.25) is 4.90 Å². The van der Waals surface area contributed by atoms with Crippen LogP contribution in [0.4, 0.5) is 16.5 Å². The van der Waals surface area contributed by atoms with E-state index < -0.39 is 5.97 Å². The second-order valence-electron chi connectivity index (χ2n) is 5.80. The molecule has 1 aromatic carbocycles. The predicted octanol–water partition coefficient (Wildman–Crippen LogP) is -0.359. The lowest BCUT2D eigenvalue weighted by atomic mass is 10.2. The van der Waals surface area contributed by atoms with Gasteiger partial charge in [0.1, 0.15) is 5.69 Å². The van der Waals surface area contributed by atoms with E-state index in [4.69, 9.17) is 0 Å². The number of rotatable bonds is 5.